The summed E-state index contributed by atoms with van der Waals surface area (Å²) in [7, 11) is 0. The van der Waals surface area contributed by atoms with Crippen LogP contribution in [0.4, 0.5) is 0 Å². The van der Waals surface area contributed by atoms with Gasteiger partial charge in [0.2, 0.25) is 0 Å². The second-order valence-electron chi connectivity index (χ2n) is 4.78. The summed E-state index contributed by atoms with van der Waals surface area (Å²) in [5.74, 6) is 1.78. The van der Waals surface area contributed by atoms with E-state index in [4.69, 9.17) is 0 Å². The first-order valence-corrected chi connectivity index (χ1v) is 5.29. The Hall–Kier alpha value is -0.370. The Morgan fingerprint density at radius 1 is 1.38 bits per heavy atom. The molecule has 0 radical (unpaired) electrons. The third kappa shape index (κ3) is 3.47. The van der Waals surface area contributed by atoms with Crippen LogP contribution in [0.25, 0.3) is 0 Å². The minimum absolute atomic E-state index is 0.192. The van der Waals surface area contributed by atoms with Gasteiger partial charge in [0.05, 0.1) is 0 Å². The van der Waals surface area contributed by atoms with E-state index in [1.807, 2.05) is 6.92 Å². The van der Waals surface area contributed by atoms with Crippen LogP contribution >= 0.6 is 0 Å². The van der Waals surface area contributed by atoms with Gasteiger partial charge in [0.1, 0.15) is 6.29 Å². The lowest BCUT2D eigenvalue weighted by Crippen LogP contribution is -2.41. The average Bonchev–Trinajstić information content (AvgIpc) is 2.02. The second-order valence-corrected chi connectivity index (χ2v) is 4.78. The van der Waals surface area contributed by atoms with E-state index in [0.717, 1.165) is 24.7 Å². The van der Waals surface area contributed by atoms with Crippen molar-refractivity contribution in [1.82, 2.24) is 4.90 Å². The molecule has 0 aromatic heterocycles. The molecule has 1 fully saturated rings. The van der Waals surface area contributed by atoms with Gasteiger partial charge in [0, 0.05) is 25.6 Å². The van der Waals surface area contributed by atoms with Gasteiger partial charge in [-0.25, -0.2) is 0 Å². The van der Waals surface area contributed by atoms with Crippen molar-refractivity contribution in [3.63, 3.8) is 0 Å². The molecule has 1 saturated heterocycles. The van der Waals surface area contributed by atoms with E-state index in [1.54, 1.807) is 0 Å². The zero-order chi connectivity index (χ0) is 9.84. The molecule has 0 saturated carbocycles. The molecule has 0 bridgehead atoms. The van der Waals surface area contributed by atoms with E-state index in [2.05, 4.69) is 18.7 Å². The molecular weight excluding hydrogens is 162 g/mol. The van der Waals surface area contributed by atoms with Crippen LogP contribution in [0.3, 0.4) is 0 Å². The smallest absolute Gasteiger partial charge is 0.124 e. The molecule has 76 valence electrons. The Balaban J connectivity index is 2.36. The zero-order valence-electron chi connectivity index (χ0n) is 8.99. The van der Waals surface area contributed by atoms with Gasteiger partial charge in [-0.3, -0.25) is 0 Å². The number of carbonyl (C=O) groups excluding carboxylic acids is 1. The van der Waals surface area contributed by atoms with Crippen molar-refractivity contribution in [3.05, 3.63) is 0 Å². The molecule has 2 nitrogen and oxygen atoms in total. The van der Waals surface area contributed by atoms with E-state index < -0.39 is 0 Å². The molecule has 1 rings (SSSR count). The van der Waals surface area contributed by atoms with Gasteiger partial charge < -0.3 is 9.69 Å². The van der Waals surface area contributed by atoms with Crippen LogP contribution in [0.1, 0.15) is 27.2 Å². The average molecular weight is 183 g/mol. The molecule has 0 amide bonds. The summed E-state index contributed by atoms with van der Waals surface area (Å²) in [6, 6.07) is 0. The third-order valence-corrected chi connectivity index (χ3v) is 2.72. The highest BCUT2D eigenvalue weighted by molar-refractivity contribution is 5.53. The Morgan fingerprint density at radius 2 is 1.92 bits per heavy atom. The van der Waals surface area contributed by atoms with Crippen molar-refractivity contribution in [3.8, 4) is 0 Å². The van der Waals surface area contributed by atoms with Crippen molar-refractivity contribution >= 4 is 6.29 Å². The van der Waals surface area contributed by atoms with E-state index in [9.17, 15) is 4.79 Å². The van der Waals surface area contributed by atoms with Crippen LogP contribution in [0, 0.1) is 17.8 Å². The molecule has 13 heavy (non-hydrogen) atoms. The predicted molar refractivity (Wildman–Crippen MR) is 54.6 cm³/mol. The van der Waals surface area contributed by atoms with Crippen molar-refractivity contribution in [1.29, 1.82) is 0 Å². The van der Waals surface area contributed by atoms with Crippen LogP contribution < -0.4 is 0 Å². The maximum atomic E-state index is 10.5. The van der Waals surface area contributed by atoms with Gasteiger partial charge in [-0.05, 0) is 18.3 Å². The second kappa shape index (κ2) is 4.75. The number of hydrogen-bond acceptors (Lipinski definition) is 2. The number of piperidine rings is 1. The van der Waals surface area contributed by atoms with Gasteiger partial charge in [-0.15, -0.1) is 0 Å². The van der Waals surface area contributed by atoms with Crippen LogP contribution in [0.5, 0.6) is 0 Å². The molecule has 1 aliphatic rings. The highest BCUT2D eigenvalue weighted by Crippen LogP contribution is 2.21. The molecular formula is C11H21NO. The van der Waals surface area contributed by atoms with Crippen molar-refractivity contribution in [2.45, 2.75) is 27.2 Å². The maximum Gasteiger partial charge on any atom is 0.124 e. The summed E-state index contributed by atoms with van der Waals surface area (Å²) in [5, 5.41) is 0. The molecule has 3 unspecified atom stereocenters. The largest absolute Gasteiger partial charge is 0.303 e. The number of carbonyl (C=O) groups is 1. The number of nitrogens with zero attached hydrogens (tertiary/aromatic N) is 1. The lowest BCUT2D eigenvalue weighted by molar-refractivity contribution is -0.111. The summed E-state index contributed by atoms with van der Waals surface area (Å²) in [6.07, 6.45) is 2.40. The Labute approximate surface area is 81.3 Å². The highest BCUT2D eigenvalue weighted by Gasteiger charge is 2.22. The normalized spacial score (nSPS) is 32.8. The number of hydrogen-bond donors (Lipinski definition) is 0. The van der Waals surface area contributed by atoms with Crippen molar-refractivity contribution < 1.29 is 4.79 Å². The quantitative estimate of drug-likeness (QED) is 0.622. The fraction of sp³-hybridized carbons (Fsp3) is 0.909. The molecule has 3 atom stereocenters. The molecule has 0 spiro atoms. The summed E-state index contributed by atoms with van der Waals surface area (Å²) in [4.78, 5) is 12.9. The first-order valence-electron chi connectivity index (χ1n) is 5.29. The topological polar surface area (TPSA) is 20.3 Å². The molecule has 1 heterocycles. The maximum absolute atomic E-state index is 10.5. The molecule has 0 aromatic carbocycles. The van der Waals surface area contributed by atoms with Crippen LogP contribution in [0.15, 0.2) is 0 Å². The summed E-state index contributed by atoms with van der Waals surface area (Å²) >= 11 is 0. The first kappa shape index (κ1) is 10.7. The van der Waals surface area contributed by atoms with Gasteiger partial charge in [-0.1, -0.05) is 20.8 Å². The van der Waals surface area contributed by atoms with E-state index in [0.29, 0.717) is 0 Å². The van der Waals surface area contributed by atoms with Crippen molar-refractivity contribution in [2.75, 3.05) is 19.6 Å². The van der Waals surface area contributed by atoms with E-state index in [1.165, 1.54) is 19.5 Å². The molecule has 2 heteroatoms. The fourth-order valence-electron chi connectivity index (χ4n) is 2.39. The number of aldehydes is 1. The Morgan fingerprint density at radius 3 is 2.38 bits per heavy atom. The van der Waals surface area contributed by atoms with Crippen LogP contribution in [0.2, 0.25) is 0 Å². The monoisotopic (exact) mass is 183 g/mol. The molecule has 0 aromatic rings. The van der Waals surface area contributed by atoms with Crippen LogP contribution in [-0.4, -0.2) is 30.8 Å². The Kier molecular flexibility index (Phi) is 3.91. The zero-order valence-corrected chi connectivity index (χ0v) is 8.99. The summed E-state index contributed by atoms with van der Waals surface area (Å²) in [5.41, 5.74) is 0. The molecule has 1 aliphatic heterocycles. The minimum Gasteiger partial charge on any atom is -0.303 e. The standard InChI is InChI=1S/C11H21NO/c1-9-4-10(2)6-12(5-9)7-11(3)8-13/h8-11H,4-7H2,1-3H3. The number of rotatable bonds is 3. The van der Waals surface area contributed by atoms with E-state index in [-0.39, 0.29) is 5.92 Å². The molecule has 0 aliphatic carbocycles. The molecule has 0 N–H and O–H groups in total. The SMILES string of the molecule is CC(C=O)CN1CC(C)CC(C)C1. The Bertz CT molecular complexity index is 159. The first-order chi connectivity index (χ1) is 6.11. The third-order valence-electron chi connectivity index (χ3n) is 2.72. The number of likely N-dealkylation sites (tertiary alicyclic amines) is 1. The lowest BCUT2D eigenvalue weighted by Gasteiger charge is -2.35. The van der Waals surface area contributed by atoms with Gasteiger partial charge in [-0.2, -0.15) is 0 Å². The summed E-state index contributed by atoms with van der Waals surface area (Å²) in [6.45, 7) is 9.88. The van der Waals surface area contributed by atoms with E-state index >= 15 is 0 Å². The van der Waals surface area contributed by atoms with Crippen molar-refractivity contribution in [2.24, 2.45) is 17.8 Å². The fourth-order valence-corrected chi connectivity index (χ4v) is 2.39. The highest BCUT2D eigenvalue weighted by atomic mass is 16.1. The van der Waals surface area contributed by atoms with Gasteiger partial charge >= 0.3 is 0 Å². The minimum atomic E-state index is 0.192. The van der Waals surface area contributed by atoms with Crippen LogP contribution in [-0.2, 0) is 4.79 Å². The predicted octanol–water partition coefficient (Wildman–Crippen LogP) is 1.80. The lowest BCUT2D eigenvalue weighted by atomic mass is 9.91. The van der Waals surface area contributed by atoms with Gasteiger partial charge in [0.25, 0.3) is 0 Å². The summed E-state index contributed by atoms with van der Waals surface area (Å²) < 4.78 is 0. The van der Waals surface area contributed by atoms with Gasteiger partial charge in [0.15, 0.2) is 0 Å².